The summed E-state index contributed by atoms with van der Waals surface area (Å²) in [5.41, 5.74) is 1.02. The van der Waals surface area contributed by atoms with E-state index in [1.165, 1.54) is 0 Å². The van der Waals surface area contributed by atoms with Crippen molar-refractivity contribution in [2.75, 3.05) is 10.6 Å². The second kappa shape index (κ2) is 6.79. The average Bonchev–Trinajstić information content (AvgIpc) is 2.81. The second-order valence-corrected chi connectivity index (χ2v) is 7.19. The van der Waals surface area contributed by atoms with Crippen LogP contribution in [0.25, 0.3) is 0 Å². The van der Waals surface area contributed by atoms with E-state index in [9.17, 15) is 4.79 Å². The van der Waals surface area contributed by atoms with Crippen molar-refractivity contribution < 1.29 is 9.53 Å². The number of ether oxygens (including phenoxy) is 1. The third-order valence-corrected chi connectivity index (χ3v) is 3.60. The molecule has 0 aliphatic rings. The van der Waals surface area contributed by atoms with Crippen molar-refractivity contribution in [2.45, 2.75) is 39.8 Å². The molecule has 0 spiro atoms. The van der Waals surface area contributed by atoms with Crippen LogP contribution in [0.15, 0.2) is 30.5 Å². The lowest BCUT2D eigenvalue weighted by molar-refractivity contribution is 0.0636. The van der Waals surface area contributed by atoms with Crippen LogP contribution >= 0.6 is 11.3 Å². The van der Waals surface area contributed by atoms with E-state index in [-0.39, 0.29) is 0 Å². The Labute approximate surface area is 134 Å². The fraction of sp³-hybridized carbons (Fsp3) is 0.375. The SMILES string of the molecule is Cc1ncc(CNc2ccccc2NC(=O)OC(C)(C)C)s1. The lowest BCUT2D eigenvalue weighted by Crippen LogP contribution is -2.27. The number of carbonyl (C=O) groups is 1. The molecule has 0 aliphatic carbocycles. The van der Waals surface area contributed by atoms with Gasteiger partial charge < -0.3 is 10.1 Å². The van der Waals surface area contributed by atoms with E-state index in [1.807, 2.05) is 58.2 Å². The molecular formula is C16H21N3O2S. The molecule has 0 fully saturated rings. The van der Waals surface area contributed by atoms with Crippen molar-refractivity contribution >= 4 is 28.8 Å². The van der Waals surface area contributed by atoms with E-state index < -0.39 is 11.7 Å². The van der Waals surface area contributed by atoms with Crippen molar-refractivity contribution in [1.82, 2.24) is 4.98 Å². The third-order valence-electron chi connectivity index (χ3n) is 2.68. The number of para-hydroxylation sites is 2. The van der Waals surface area contributed by atoms with Crippen molar-refractivity contribution in [2.24, 2.45) is 0 Å². The van der Waals surface area contributed by atoms with Gasteiger partial charge in [0.05, 0.1) is 22.9 Å². The fourth-order valence-electron chi connectivity index (χ4n) is 1.83. The van der Waals surface area contributed by atoms with Crippen LogP contribution in [0, 0.1) is 6.92 Å². The van der Waals surface area contributed by atoms with Crippen LogP contribution in [0.4, 0.5) is 16.2 Å². The van der Waals surface area contributed by atoms with Crippen molar-refractivity contribution in [3.8, 4) is 0 Å². The molecule has 1 aromatic heterocycles. The molecule has 0 radical (unpaired) electrons. The average molecular weight is 319 g/mol. The Morgan fingerprint density at radius 2 is 1.95 bits per heavy atom. The van der Waals surface area contributed by atoms with E-state index in [4.69, 9.17) is 4.74 Å². The lowest BCUT2D eigenvalue weighted by Gasteiger charge is -2.20. The van der Waals surface area contributed by atoms with Crippen molar-refractivity contribution in [3.05, 3.63) is 40.3 Å². The first-order chi connectivity index (χ1) is 10.3. The summed E-state index contributed by atoms with van der Waals surface area (Å²) in [6.07, 6.45) is 1.40. The Hall–Kier alpha value is -2.08. The molecule has 2 N–H and O–H groups in total. The maximum absolute atomic E-state index is 11.9. The maximum Gasteiger partial charge on any atom is 0.412 e. The van der Waals surface area contributed by atoms with E-state index in [2.05, 4.69) is 15.6 Å². The number of benzene rings is 1. The van der Waals surface area contributed by atoms with Gasteiger partial charge in [-0.15, -0.1) is 11.3 Å². The molecule has 118 valence electrons. The van der Waals surface area contributed by atoms with Gasteiger partial charge in [-0.1, -0.05) is 12.1 Å². The first kappa shape index (κ1) is 16.3. The molecule has 1 amide bonds. The monoisotopic (exact) mass is 319 g/mol. The number of nitrogens with zero attached hydrogens (tertiary/aromatic N) is 1. The smallest absolute Gasteiger partial charge is 0.412 e. The molecule has 0 unspecified atom stereocenters. The number of amides is 1. The summed E-state index contributed by atoms with van der Waals surface area (Å²) in [5.74, 6) is 0. The lowest BCUT2D eigenvalue weighted by atomic mass is 10.2. The number of rotatable bonds is 4. The molecular weight excluding hydrogens is 298 g/mol. The molecule has 1 heterocycles. The third kappa shape index (κ3) is 5.04. The number of carbonyl (C=O) groups excluding carboxylic acids is 1. The van der Waals surface area contributed by atoms with E-state index in [0.29, 0.717) is 12.2 Å². The minimum Gasteiger partial charge on any atom is -0.444 e. The molecule has 22 heavy (non-hydrogen) atoms. The number of nitrogens with one attached hydrogen (secondary N) is 2. The van der Waals surface area contributed by atoms with E-state index in [1.54, 1.807) is 11.3 Å². The Balaban J connectivity index is 2.01. The zero-order valence-corrected chi connectivity index (χ0v) is 14.1. The van der Waals surface area contributed by atoms with E-state index >= 15 is 0 Å². The van der Waals surface area contributed by atoms with Crippen LogP contribution in [0.1, 0.15) is 30.7 Å². The van der Waals surface area contributed by atoms with Crippen LogP contribution in [0.5, 0.6) is 0 Å². The molecule has 0 atom stereocenters. The first-order valence-corrected chi connectivity index (χ1v) is 7.89. The fourth-order valence-corrected chi connectivity index (χ4v) is 2.56. The van der Waals surface area contributed by atoms with Crippen LogP contribution in [-0.2, 0) is 11.3 Å². The highest BCUT2D eigenvalue weighted by Crippen LogP contribution is 2.23. The van der Waals surface area contributed by atoms with Crippen LogP contribution in [0.2, 0.25) is 0 Å². The largest absolute Gasteiger partial charge is 0.444 e. The first-order valence-electron chi connectivity index (χ1n) is 7.08. The highest BCUT2D eigenvalue weighted by molar-refractivity contribution is 7.11. The number of aryl methyl sites for hydroxylation is 1. The minimum atomic E-state index is -0.521. The molecule has 0 aliphatic heterocycles. The standard InChI is InChI=1S/C16H21N3O2S/c1-11-17-9-12(22-11)10-18-13-7-5-6-8-14(13)19-15(20)21-16(2,3)4/h5-9,18H,10H2,1-4H3,(H,19,20). The maximum atomic E-state index is 11.9. The Morgan fingerprint density at radius 1 is 1.27 bits per heavy atom. The number of aromatic nitrogens is 1. The number of anilines is 2. The van der Waals surface area contributed by atoms with Gasteiger partial charge in [-0.25, -0.2) is 9.78 Å². The number of thiazole rings is 1. The Kier molecular flexibility index (Phi) is 5.03. The second-order valence-electron chi connectivity index (χ2n) is 5.87. The molecule has 0 saturated heterocycles. The number of hydrogen-bond donors (Lipinski definition) is 2. The highest BCUT2D eigenvalue weighted by Gasteiger charge is 2.17. The van der Waals surface area contributed by atoms with Gasteiger partial charge in [-0.05, 0) is 39.8 Å². The van der Waals surface area contributed by atoms with Crippen molar-refractivity contribution in [3.63, 3.8) is 0 Å². The van der Waals surface area contributed by atoms with Crippen LogP contribution in [0.3, 0.4) is 0 Å². The Morgan fingerprint density at radius 3 is 2.55 bits per heavy atom. The van der Waals surface area contributed by atoms with Gasteiger partial charge in [-0.3, -0.25) is 5.32 Å². The molecule has 2 aromatic rings. The highest BCUT2D eigenvalue weighted by atomic mass is 32.1. The summed E-state index contributed by atoms with van der Waals surface area (Å²) in [5, 5.41) is 7.12. The molecule has 5 nitrogen and oxygen atoms in total. The molecule has 0 bridgehead atoms. The number of hydrogen-bond acceptors (Lipinski definition) is 5. The van der Waals surface area contributed by atoms with Crippen LogP contribution < -0.4 is 10.6 Å². The quantitative estimate of drug-likeness (QED) is 0.876. The van der Waals surface area contributed by atoms with Gasteiger partial charge in [0.15, 0.2) is 0 Å². The van der Waals surface area contributed by atoms with Gasteiger partial charge in [0.2, 0.25) is 0 Å². The van der Waals surface area contributed by atoms with Gasteiger partial charge in [0, 0.05) is 11.1 Å². The minimum absolute atomic E-state index is 0.463. The zero-order chi connectivity index (χ0) is 16.2. The van der Waals surface area contributed by atoms with Gasteiger partial charge in [0.1, 0.15) is 5.60 Å². The van der Waals surface area contributed by atoms with Crippen molar-refractivity contribution in [1.29, 1.82) is 0 Å². The molecule has 2 rings (SSSR count). The summed E-state index contributed by atoms with van der Waals surface area (Å²) < 4.78 is 5.28. The summed E-state index contributed by atoms with van der Waals surface area (Å²) >= 11 is 1.65. The summed E-state index contributed by atoms with van der Waals surface area (Å²) in [6, 6.07) is 7.54. The predicted molar refractivity (Wildman–Crippen MR) is 90.5 cm³/mol. The zero-order valence-electron chi connectivity index (χ0n) is 13.3. The summed E-state index contributed by atoms with van der Waals surface area (Å²) in [4.78, 5) is 17.3. The van der Waals surface area contributed by atoms with Crippen LogP contribution in [-0.4, -0.2) is 16.7 Å². The molecule has 0 saturated carbocycles. The van der Waals surface area contributed by atoms with Gasteiger partial charge in [-0.2, -0.15) is 0 Å². The Bertz CT molecular complexity index is 647. The summed E-state index contributed by atoms with van der Waals surface area (Å²) in [7, 11) is 0. The summed E-state index contributed by atoms with van der Waals surface area (Å²) in [6.45, 7) is 8.15. The predicted octanol–water partition coefficient (Wildman–Crippen LogP) is 4.41. The molecule has 1 aromatic carbocycles. The molecule has 6 heteroatoms. The van der Waals surface area contributed by atoms with E-state index in [0.717, 1.165) is 15.6 Å². The topological polar surface area (TPSA) is 63.2 Å². The normalized spacial score (nSPS) is 11.1. The van der Waals surface area contributed by atoms with Gasteiger partial charge in [0.25, 0.3) is 0 Å². The van der Waals surface area contributed by atoms with Gasteiger partial charge >= 0.3 is 6.09 Å².